The molecule has 2 rings (SSSR count). The third kappa shape index (κ3) is 10.2. The third-order valence-electron chi connectivity index (χ3n) is 3.90. The predicted octanol–water partition coefficient (Wildman–Crippen LogP) is -0.770. The van der Waals surface area contributed by atoms with E-state index in [9.17, 15) is 33.3 Å². The van der Waals surface area contributed by atoms with Gasteiger partial charge in [0, 0.05) is 16.6 Å². The summed E-state index contributed by atoms with van der Waals surface area (Å²) in [5, 5.41) is 46.0. The molecule has 0 aliphatic carbocycles. The van der Waals surface area contributed by atoms with E-state index in [0.29, 0.717) is 6.61 Å². The van der Waals surface area contributed by atoms with Gasteiger partial charge < -0.3 is 35.2 Å². The maximum absolute atomic E-state index is 13.2. The molecule has 0 radical (unpaired) electrons. The normalized spacial score (nSPS) is 14.9. The summed E-state index contributed by atoms with van der Waals surface area (Å²) in [4.78, 5) is 15.8. The Labute approximate surface area is 200 Å². The number of quaternary nitrogens is 1. The van der Waals surface area contributed by atoms with Crippen LogP contribution in [0.25, 0.3) is 6.08 Å². The first-order valence-electron chi connectivity index (χ1n) is 9.38. The van der Waals surface area contributed by atoms with Crippen molar-refractivity contribution in [2.75, 3.05) is 27.0 Å². The largest absolute Gasteiger partial charge is 0.475 e. The number of unbranched alkanes of at least 4 members (excludes halogenated alkanes) is 1. The number of aliphatic hydroxyl groups is 4. The van der Waals surface area contributed by atoms with Gasteiger partial charge in [0.2, 0.25) is 12.9 Å². The van der Waals surface area contributed by atoms with E-state index in [2.05, 4.69) is 42.6 Å². The summed E-state index contributed by atoms with van der Waals surface area (Å²) in [7, 11) is 1.91. The number of carbonyl (C=O) groups excluding carboxylic acids is 1. The molecule has 196 valence electrons. The van der Waals surface area contributed by atoms with E-state index in [1.165, 1.54) is 6.07 Å². The highest BCUT2D eigenvalue weighted by molar-refractivity contribution is 9.10. The van der Waals surface area contributed by atoms with Crippen molar-refractivity contribution in [1.82, 2.24) is 5.32 Å². The minimum atomic E-state index is -5.04. The zero-order chi connectivity index (χ0) is 26.5. The van der Waals surface area contributed by atoms with Crippen molar-refractivity contribution in [3.63, 3.8) is 0 Å². The average Bonchev–Trinajstić information content (AvgIpc) is 2.77. The van der Waals surface area contributed by atoms with Crippen molar-refractivity contribution in [1.29, 1.82) is 0 Å². The van der Waals surface area contributed by atoms with Gasteiger partial charge in [-0.2, -0.15) is 13.2 Å². The average molecular weight is 567 g/mol. The van der Waals surface area contributed by atoms with Gasteiger partial charge >= 0.3 is 18.1 Å². The van der Waals surface area contributed by atoms with E-state index in [0.717, 1.165) is 31.5 Å². The number of carbonyl (C=O) groups is 1. The molecule has 34 heavy (non-hydrogen) atoms. The molecular formula is C18H28BrF3N3O9+. The Bertz CT molecular complexity index is 801. The molecule has 0 spiro atoms. The summed E-state index contributed by atoms with van der Waals surface area (Å²) >= 11 is 2.99. The minimum absolute atomic E-state index is 0.132. The molecule has 1 atom stereocenters. The molecule has 0 aromatic heterocycles. The van der Waals surface area contributed by atoms with Gasteiger partial charge in [-0.15, -0.1) is 0 Å². The second kappa shape index (κ2) is 15.2. The summed E-state index contributed by atoms with van der Waals surface area (Å²) < 4.78 is 49.1. The first kappa shape index (κ1) is 32.1. The quantitative estimate of drug-likeness (QED) is 0.0846. The van der Waals surface area contributed by atoms with Gasteiger partial charge in [0.05, 0.1) is 11.1 Å². The number of alkyl halides is 3. The van der Waals surface area contributed by atoms with E-state index in [1.807, 2.05) is 7.05 Å². The van der Waals surface area contributed by atoms with Gasteiger partial charge in [-0.3, -0.25) is 4.84 Å². The van der Waals surface area contributed by atoms with Crippen molar-refractivity contribution in [2.24, 2.45) is 5.90 Å². The van der Waals surface area contributed by atoms with E-state index in [4.69, 9.17) is 15.1 Å². The zero-order valence-electron chi connectivity index (χ0n) is 18.0. The monoisotopic (exact) mass is 566 g/mol. The molecule has 0 saturated carbocycles. The smallest absolute Gasteiger partial charge is 0.430 e. The highest BCUT2D eigenvalue weighted by Crippen LogP contribution is 2.42. The lowest BCUT2D eigenvalue weighted by molar-refractivity contribution is -0.670. The number of esters is 1. The molecule has 16 heteroatoms. The Morgan fingerprint density at radius 3 is 2.35 bits per heavy atom. The van der Waals surface area contributed by atoms with Gasteiger partial charge in [0.25, 0.3) is 0 Å². The molecule has 0 saturated heterocycles. The maximum Gasteiger partial charge on any atom is 0.430 e. The predicted molar refractivity (Wildman–Crippen MR) is 112 cm³/mol. The minimum Gasteiger partial charge on any atom is -0.475 e. The first-order chi connectivity index (χ1) is 15.9. The van der Waals surface area contributed by atoms with E-state index < -0.39 is 47.9 Å². The Kier molecular flexibility index (Phi) is 14.4. The summed E-state index contributed by atoms with van der Waals surface area (Å²) in [5.74, 6) is 1.37. The fourth-order valence-electron chi connectivity index (χ4n) is 2.52. The van der Waals surface area contributed by atoms with E-state index in [1.54, 1.807) is 0 Å². The lowest BCUT2D eigenvalue weighted by Crippen LogP contribution is -2.42. The van der Waals surface area contributed by atoms with Crippen LogP contribution in [0.1, 0.15) is 24.0 Å². The highest BCUT2D eigenvalue weighted by Gasteiger charge is 2.50. The van der Waals surface area contributed by atoms with Crippen LogP contribution in [-0.2, 0) is 20.3 Å². The molecule has 11 N–H and O–H groups in total. The van der Waals surface area contributed by atoms with Gasteiger partial charge in [-0.1, -0.05) is 15.9 Å². The zero-order valence-corrected chi connectivity index (χ0v) is 19.6. The van der Waals surface area contributed by atoms with Crippen LogP contribution in [0.3, 0.4) is 0 Å². The number of hydrogen-bond donors (Lipinski definition) is 8. The van der Waals surface area contributed by atoms with Gasteiger partial charge in [0.1, 0.15) is 5.75 Å². The van der Waals surface area contributed by atoms with Gasteiger partial charge in [-0.05, 0) is 44.6 Å². The molecular weight excluding hydrogens is 539 g/mol. The van der Waals surface area contributed by atoms with Crippen molar-refractivity contribution in [2.45, 2.75) is 31.1 Å². The number of nitrogens with two attached hydrogens (primary N) is 1. The van der Waals surface area contributed by atoms with Crippen molar-refractivity contribution in [3.05, 3.63) is 33.3 Å². The number of rotatable bonds is 8. The molecule has 1 aliphatic heterocycles. The fourth-order valence-corrected chi connectivity index (χ4v) is 3.00. The molecule has 1 heterocycles. The fraction of sp³-hybridized carbons (Fsp3) is 0.500. The molecule has 1 aliphatic rings. The van der Waals surface area contributed by atoms with Crippen LogP contribution in [0, 0.1) is 0 Å². The maximum atomic E-state index is 13.2. The molecule has 1 aromatic carbocycles. The summed E-state index contributed by atoms with van der Waals surface area (Å²) in [6.45, 7) is 0.548. The molecule has 0 amide bonds. The highest BCUT2D eigenvalue weighted by atomic mass is 79.9. The Hall–Kier alpha value is -1.86. The van der Waals surface area contributed by atoms with Crippen LogP contribution in [0.15, 0.2) is 22.2 Å². The van der Waals surface area contributed by atoms with Crippen LogP contribution in [0.4, 0.5) is 13.2 Å². The molecule has 12 nitrogen and oxygen atoms in total. The number of ether oxygens (including phenoxy) is 2. The Balaban J connectivity index is 0.00000104. The lowest BCUT2D eigenvalue weighted by atomic mass is 9.98. The molecule has 1 unspecified atom stereocenters. The van der Waals surface area contributed by atoms with Crippen LogP contribution in [-0.4, -0.2) is 70.9 Å². The first-order valence-corrected chi connectivity index (χ1v) is 10.2. The number of fused-ring (bicyclic) bond motifs is 1. The SMILES string of the molecule is CNCCCCO.NOCOC(=O)C1=Cc2cc(Br)cc(C(O)(O)O)c2OC1C(F)(F)F.[NH3+]O. The van der Waals surface area contributed by atoms with Gasteiger partial charge in [-0.25, -0.2) is 21.8 Å². The third-order valence-corrected chi connectivity index (χ3v) is 4.36. The topological polar surface area (TPSA) is 212 Å². The van der Waals surface area contributed by atoms with Crippen molar-refractivity contribution < 1.29 is 63.8 Å². The second-order valence-electron chi connectivity index (χ2n) is 6.40. The number of hydrogen-bond acceptors (Lipinski definition) is 11. The number of benzene rings is 1. The molecule has 0 fully saturated rings. The summed E-state index contributed by atoms with van der Waals surface area (Å²) in [6, 6.07) is 2.19. The van der Waals surface area contributed by atoms with E-state index >= 15 is 0 Å². The van der Waals surface area contributed by atoms with Crippen LogP contribution >= 0.6 is 15.9 Å². The van der Waals surface area contributed by atoms with E-state index in [-0.39, 0.29) is 10.0 Å². The number of nitrogens with one attached hydrogen (secondary N) is 1. The lowest BCUT2D eigenvalue weighted by Gasteiger charge is -2.30. The number of halogens is 4. The van der Waals surface area contributed by atoms with Gasteiger partial charge in [0.15, 0.2) is 0 Å². The van der Waals surface area contributed by atoms with Crippen LogP contribution in [0.5, 0.6) is 5.75 Å². The Morgan fingerprint density at radius 1 is 1.26 bits per heavy atom. The van der Waals surface area contributed by atoms with Crippen LogP contribution in [0.2, 0.25) is 0 Å². The van der Waals surface area contributed by atoms with Crippen molar-refractivity contribution >= 4 is 28.0 Å². The Morgan fingerprint density at radius 2 is 1.88 bits per heavy atom. The summed E-state index contributed by atoms with van der Waals surface area (Å²) in [5.41, 5.74) is -1.80. The van der Waals surface area contributed by atoms with Crippen molar-refractivity contribution in [3.8, 4) is 5.75 Å². The summed E-state index contributed by atoms with van der Waals surface area (Å²) in [6.07, 6.45) is -5.03. The molecule has 0 bridgehead atoms. The van der Waals surface area contributed by atoms with Crippen LogP contribution < -0.4 is 21.8 Å². The number of aliphatic hydroxyl groups excluding tert-OH is 1. The molecule has 1 aromatic rings. The standard InChI is InChI=1S/C13H11BrF3NO7.C5H13NO.H4NO/c14-6-1-5-2-7(11(19)23-4-24-18)10(12(15,16)17)25-9(5)8(3-6)13(20,21)22;1-6-4-2-3-5-7;1-2/h1-3,10,20-22H,4,18H2;6-7H,2-5H2,1H3;2H,1H3/q;;+1. The second-order valence-corrected chi connectivity index (χ2v) is 7.31.